The molecule has 0 spiro atoms. The molecule has 1 aliphatic heterocycles. The van der Waals surface area contributed by atoms with Gasteiger partial charge < -0.3 is 4.98 Å². The van der Waals surface area contributed by atoms with Gasteiger partial charge in [0.1, 0.15) is 11.6 Å². The summed E-state index contributed by atoms with van der Waals surface area (Å²) in [5.41, 5.74) is 4.49. The summed E-state index contributed by atoms with van der Waals surface area (Å²) < 4.78 is 14.9. The Balaban J connectivity index is 1.53. The molecule has 0 fully saturated rings. The van der Waals surface area contributed by atoms with Crippen molar-refractivity contribution in [3.8, 4) is 5.69 Å². The first-order valence-electron chi connectivity index (χ1n) is 9.56. The SMILES string of the molecule is Cc1nn(-c2ccc(F)cc2)cc1CN1CCc2nc(C(C)C)[nH]c(=O)c2C1. The van der Waals surface area contributed by atoms with E-state index in [4.69, 9.17) is 0 Å². The fourth-order valence-corrected chi connectivity index (χ4v) is 3.53. The van der Waals surface area contributed by atoms with Gasteiger partial charge in [-0.15, -0.1) is 0 Å². The number of nitrogens with one attached hydrogen (secondary N) is 1. The number of aryl methyl sites for hydroxylation is 1. The van der Waals surface area contributed by atoms with Crippen molar-refractivity contribution in [1.82, 2.24) is 24.6 Å². The largest absolute Gasteiger partial charge is 0.310 e. The van der Waals surface area contributed by atoms with Crippen molar-refractivity contribution in [2.45, 2.75) is 46.2 Å². The fraction of sp³-hybridized carbons (Fsp3) is 0.381. The highest BCUT2D eigenvalue weighted by Gasteiger charge is 2.22. The van der Waals surface area contributed by atoms with Gasteiger partial charge in [-0.25, -0.2) is 14.1 Å². The van der Waals surface area contributed by atoms with Gasteiger partial charge in [-0.2, -0.15) is 5.10 Å². The molecule has 1 aromatic carbocycles. The molecule has 0 atom stereocenters. The van der Waals surface area contributed by atoms with Crippen molar-refractivity contribution >= 4 is 0 Å². The minimum Gasteiger partial charge on any atom is -0.310 e. The molecule has 3 heterocycles. The fourth-order valence-electron chi connectivity index (χ4n) is 3.53. The number of halogens is 1. The van der Waals surface area contributed by atoms with Crippen LogP contribution in [0.2, 0.25) is 0 Å². The lowest BCUT2D eigenvalue weighted by Crippen LogP contribution is -2.36. The zero-order valence-corrected chi connectivity index (χ0v) is 16.4. The van der Waals surface area contributed by atoms with Gasteiger partial charge in [0.15, 0.2) is 0 Å². The predicted octanol–water partition coefficient (Wildman–Crippen LogP) is 3.08. The quantitative estimate of drug-likeness (QED) is 0.754. The van der Waals surface area contributed by atoms with Crippen LogP contribution < -0.4 is 5.56 Å². The molecular formula is C21H24FN5O. The number of rotatable bonds is 4. The second-order valence-corrected chi connectivity index (χ2v) is 7.65. The number of aromatic nitrogens is 4. The third-order valence-electron chi connectivity index (χ3n) is 5.20. The molecule has 28 heavy (non-hydrogen) atoms. The number of hydrogen-bond donors (Lipinski definition) is 1. The van der Waals surface area contributed by atoms with Crippen molar-refractivity contribution in [3.05, 3.63) is 75.0 Å². The summed E-state index contributed by atoms with van der Waals surface area (Å²) in [6, 6.07) is 6.27. The molecule has 0 aliphatic carbocycles. The topological polar surface area (TPSA) is 66.8 Å². The first kappa shape index (κ1) is 18.6. The smallest absolute Gasteiger partial charge is 0.255 e. The third-order valence-corrected chi connectivity index (χ3v) is 5.20. The average molecular weight is 381 g/mol. The molecule has 4 rings (SSSR count). The molecule has 1 aliphatic rings. The van der Waals surface area contributed by atoms with Gasteiger partial charge in [0, 0.05) is 43.7 Å². The van der Waals surface area contributed by atoms with Gasteiger partial charge in [0.2, 0.25) is 0 Å². The van der Waals surface area contributed by atoms with E-state index < -0.39 is 0 Å². The second kappa shape index (κ2) is 7.31. The van der Waals surface area contributed by atoms with Gasteiger partial charge in [0.05, 0.1) is 22.6 Å². The average Bonchev–Trinajstić information content (AvgIpc) is 3.03. The van der Waals surface area contributed by atoms with Crippen LogP contribution in [-0.2, 0) is 19.5 Å². The van der Waals surface area contributed by atoms with Crippen molar-refractivity contribution < 1.29 is 4.39 Å². The molecule has 0 unspecified atom stereocenters. The Kier molecular flexibility index (Phi) is 4.85. The minimum absolute atomic E-state index is 0.0304. The molecule has 0 bridgehead atoms. The number of benzene rings is 1. The highest BCUT2D eigenvalue weighted by atomic mass is 19.1. The van der Waals surface area contributed by atoms with E-state index in [9.17, 15) is 9.18 Å². The first-order chi connectivity index (χ1) is 13.4. The van der Waals surface area contributed by atoms with E-state index in [1.165, 1.54) is 12.1 Å². The molecule has 3 aromatic rings. The molecule has 146 valence electrons. The van der Waals surface area contributed by atoms with Gasteiger partial charge in [-0.1, -0.05) is 13.8 Å². The number of aromatic amines is 1. The molecular weight excluding hydrogens is 357 g/mol. The predicted molar refractivity (Wildman–Crippen MR) is 105 cm³/mol. The zero-order chi connectivity index (χ0) is 19.8. The molecule has 1 N–H and O–H groups in total. The highest BCUT2D eigenvalue weighted by Crippen LogP contribution is 2.20. The molecule has 0 radical (unpaired) electrons. The van der Waals surface area contributed by atoms with Gasteiger partial charge in [-0.05, 0) is 31.2 Å². The lowest BCUT2D eigenvalue weighted by Gasteiger charge is -2.27. The summed E-state index contributed by atoms with van der Waals surface area (Å²) in [4.78, 5) is 22.3. The van der Waals surface area contributed by atoms with Crippen LogP contribution in [0.4, 0.5) is 4.39 Å². The molecule has 0 saturated carbocycles. The Bertz CT molecular complexity index is 1050. The number of hydrogen-bond acceptors (Lipinski definition) is 4. The molecule has 0 saturated heterocycles. The number of H-pyrrole nitrogens is 1. The normalized spacial score (nSPS) is 14.5. The van der Waals surface area contributed by atoms with E-state index in [0.29, 0.717) is 13.1 Å². The first-order valence-corrected chi connectivity index (χ1v) is 9.56. The second-order valence-electron chi connectivity index (χ2n) is 7.65. The lowest BCUT2D eigenvalue weighted by atomic mass is 10.1. The molecule has 0 amide bonds. The summed E-state index contributed by atoms with van der Waals surface area (Å²) in [7, 11) is 0. The molecule has 7 heteroatoms. The third kappa shape index (κ3) is 3.62. The van der Waals surface area contributed by atoms with E-state index in [0.717, 1.165) is 47.0 Å². The van der Waals surface area contributed by atoms with Crippen LogP contribution in [0.5, 0.6) is 0 Å². The van der Waals surface area contributed by atoms with E-state index in [2.05, 4.69) is 20.0 Å². The maximum absolute atomic E-state index is 13.1. The summed E-state index contributed by atoms with van der Waals surface area (Å²) in [6.07, 6.45) is 2.74. The Labute approximate surface area is 163 Å². The molecule has 2 aromatic heterocycles. The van der Waals surface area contributed by atoms with Crippen LogP contribution in [0, 0.1) is 12.7 Å². The highest BCUT2D eigenvalue weighted by molar-refractivity contribution is 5.33. The molecule has 6 nitrogen and oxygen atoms in total. The van der Waals surface area contributed by atoms with Crippen molar-refractivity contribution in [1.29, 1.82) is 0 Å². The van der Waals surface area contributed by atoms with Crippen molar-refractivity contribution in [2.75, 3.05) is 6.54 Å². The summed E-state index contributed by atoms with van der Waals surface area (Å²) in [6.45, 7) is 8.16. The lowest BCUT2D eigenvalue weighted by molar-refractivity contribution is 0.241. The zero-order valence-electron chi connectivity index (χ0n) is 16.4. The van der Waals surface area contributed by atoms with Gasteiger partial charge >= 0.3 is 0 Å². The van der Waals surface area contributed by atoms with Crippen LogP contribution >= 0.6 is 0 Å². The number of fused-ring (bicyclic) bond motifs is 1. The van der Waals surface area contributed by atoms with Gasteiger partial charge in [-0.3, -0.25) is 9.69 Å². The summed E-state index contributed by atoms with van der Waals surface area (Å²) >= 11 is 0. The summed E-state index contributed by atoms with van der Waals surface area (Å²) in [5, 5.41) is 4.56. The number of nitrogens with zero attached hydrogens (tertiary/aromatic N) is 4. The van der Waals surface area contributed by atoms with Crippen molar-refractivity contribution in [3.63, 3.8) is 0 Å². The van der Waals surface area contributed by atoms with Crippen LogP contribution in [0.1, 0.15) is 48.1 Å². The van der Waals surface area contributed by atoms with Crippen LogP contribution in [0.15, 0.2) is 35.3 Å². The minimum atomic E-state index is -0.265. The van der Waals surface area contributed by atoms with Crippen molar-refractivity contribution in [2.24, 2.45) is 0 Å². The van der Waals surface area contributed by atoms with E-state index in [-0.39, 0.29) is 17.3 Å². The van der Waals surface area contributed by atoms with E-state index >= 15 is 0 Å². The van der Waals surface area contributed by atoms with Crippen LogP contribution in [-0.4, -0.2) is 31.2 Å². The Hall–Kier alpha value is -2.80. The maximum Gasteiger partial charge on any atom is 0.255 e. The maximum atomic E-state index is 13.1. The van der Waals surface area contributed by atoms with Crippen LogP contribution in [0.3, 0.4) is 0 Å². The summed E-state index contributed by atoms with van der Waals surface area (Å²) in [5.74, 6) is 0.698. The standard InChI is InChI=1S/C21H24FN5O/c1-13(2)20-23-19-8-9-26(12-18(19)21(28)24-20)10-15-11-27(25-14(15)3)17-6-4-16(22)5-7-17/h4-7,11,13H,8-10,12H2,1-3H3,(H,23,24,28). The Morgan fingerprint density at radius 2 is 2.00 bits per heavy atom. The van der Waals surface area contributed by atoms with E-state index in [1.54, 1.807) is 16.8 Å². The van der Waals surface area contributed by atoms with Gasteiger partial charge in [0.25, 0.3) is 5.56 Å². The Morgan fingerprint density at radius 1 is 1.25 bits per heavy atom. The van der Waals surface area contributed by atoms with E-state index in [1.807, 2.05) is 27.0 Å². The van der Waals surface area contributed by atoms with Crippen LogP contribution in [0.25, 0.3) is 5.69 Å². The Morgan fingerprint density at radius 3 is 2.71 bits per heavy atom. The monoisotopic (exact) mass is 381 g/mol.